The van der Waals surface area contributed by atoms with Crippen LogP contribution in [0.15, 0.2) is 18.2 Å². The lowest BCUT2D eigenvalue weighted by molar-refractivity contribution is 0.0952. The van der Waals surface area contributed by atoms with Crippen molar-refractivity contribution in [3.05, 3.63) is 34.6 Å². The Morgan fingerprint density at radius 3 is 2.80 bits per heavy atom. The van der Waals surface area contributed by atoms with Gasteiger partial charge in [0, 0.05) is 22.6 Å². The molecule has 1 aromatic rings. The fraction of sp³-hybridized carbons (Fsp3) is 0.533. The molecule has 1 N–H and O–H groups in total. The van der Waals surface area contributed by atoms with Gasteiger partial charge in [-0.3, -0.25) is 4.79 Å². The molecule has 0 bridgehead atoms. The number of carbonyl (C=O) groups is 1. The molecule has 1 fully saturated rings. The van der Waals surface area contributed by atoms with Gasteiger partial charge in [-0.15, -0.1) is 0 Å². The average molecular weight is 316 g/mol. The summed E-state index contributed by atoms with van der Waals surface area (Å²) in [6.45, 7) is 0.571. The van der Waals surface area contributed by atoms with Crippen LogP contribution in [0.5, 0.6) is 0 Å². The average Bonchev–Trinajstić information content (AvgIpc) is 2.44. The van der Waals surface area contributed by atoms with Gasteiger partial charge in [0.1, 0.15) is 5.82 Å². The normalized spacial score (nSPS) is 16.1. The first-order valence-corrected chi connectivity index (χ1v) is 8.44. The van der Waals surface area contributed by atoms with Gasteiger partial charge >= 0.3 is 0 Å². The Labute approximate surface area is 128 Å². The van der Waals surface area contributed by atoms with Crippen molar-refractivity contribution in [1.82, 2.24) is 5.32 Å². The molecule has 5 heteroatoms. The van der Waals surface area contributed by atoms with Crippen molar-refractivity contribution in [2.45, 2.75) is 37.4 Å². The highest BCUT2D eigenvalue weighted by atomic mass is 35.5. The van der Waals surface area contributed by atoms with E-state index in [4.69, 9.17) is 11.6 Å². The zero-order valence-electron chi connectivity index (χ0n) is 11.3. The lowest BCUT2D eigenvalue weighted by Gasteiger charge is -2.20. The summed E-state index contributed by atoms with van der Waals surface area (Å²) in [6, 6.07) is 4.10. The second-order valence-corrected chi connectivity index (χ2v) is 6.86. The van der Waals surface area contributed by atoms with E-state index in [0.717, 1.165) is 17.1 Å². The number of nitrogens with one attached hydrogen (secondary N) is 1. The van der Waals surface area contributed by atoms with Crippen LogP contribution in [0, 0.1) is 5.82 Å². The van der Waals surface area contributed by atoms with Crippen LogP contribution in [0.2, 0.25) is 5.02 Å². The fourth-order valence-electron chi connectivity index (χ4n) is 2.39. The van der Waals surface area contributed by atoms with Crippen LogP contribution in [0.25, 0.3) is 0 Å². The topological polar surface area (TPSA) is 29.1 Å². The summed E-state index contributed by atoms with van der Waals surface area (Å²) in [4.78, 5) is 11.8. The number of benzene rings is 1. The molecule has 0 saturated heterocycles. The number of rotatable bonds is 5. The maximum atomic E-state index is 13.6. The van der Waals surface area contributed by atoms with Crippen molar-refractivity contribution in [3.8, 4) is 0 Å². The summed E-state index contributed by atoms with van der Waals surface area (Å²) >= 11 is 7.57. The minimum atomic E-state index is -0.574. The van der Waals surface area contributed by atoms with E-state index in [9.17, 15) is 9.18 Å². The Morgan fingerprint density at radius 1 is 1.35 bits per heavy atom. The van der Waals surface area contributed by atoms with Gasteiger partial charge in [-0.05, 0) is 31.0 Å². The monoisotopic (exact) mass is 315 g/mol. The number of hydrogen-bond acceptors (Lipinski definition) is 2. The van der Waals surface area contributed by atoms with Gasteiger partial charge in [0.2, 0.25) is 0 Å². The van der Waals surface area contributed by atoms with Crippen molar-refractivity contribution < 1.29 is 9.18 Å². The Bertz CT molecular complexity index is 463. The van der Waals surface area contributed by atoms with Crippen LogP contribution in [-0.2, 0) is 0 Å². The number of halogens is 2. The Balaban J connectivity index is 1.72. The number of hydrogen-bond donors (Lipinski definition) is 1. The molecule has 1 aliphatic rings. The van der Waals surface area contributed by atoms with E-state index in [0.29, 0.717) is 11.6 Å². The Morgan fingerprint density at radius 2 is 2.10 bits per heavy atom. The van der Waals surface area contributed by atoms with Crippen molar-refractivity contribution in [2.75, 3.05) is 12.3 Å². The number of thioether (sulfide) groups is 1. The van der Waals surface area contributed by atoms with Gasteiger partial charge < -0.3 is 5.32 Å². The predicted molar refractivity (Wildman–Crippen MR) is 83.1 cm³/mol. The molecule has 1 amide bonds. The molecule has 0 radical (unpaired) electrons. The van der Waals surface area contributed by atoms with E-state index in [2.05, 4.69) is 5.32 Å². The van der Waals surface area contributed by atoms with Gasteiger partial charge in [0.15, 0.2) is 0 Å². The second-order valence-electron chi connectivity index (χ2n) is 5.01. The molecule has 1 aromatic carbocycles. The third kappa shape index (κ3) is 4.67. The van der Waals surface area contributed by atoms with Crippen LogP contribution < -0.4 is 5.32 Å². The zero-order chi connectivity index (χ0) is 14.4. The molecule has 0 aromatic heterocycles. The first-order valence-electron chi connectivity index (χ1n) is 7.01. The Kier molecular flexibility index (Phi) is 6.17. The SMILES string of the molecule is O=C(NCCSC1CCCCC1)c1ccc(Cl)cc1F. The maximum Gasteiger partial charge on any atom is 0.254 e. The molecule has 0 aliphatic heterocycles. The number of carbonyl (C=O) groups excluding carboxylic acids is 1. The summed E-state index contributed by atoms with van der Waals surface area (Å²) in [5.74, 6) is -0.0654. The highest BCUT2D eigenvalue weighted by Gasteiger charge is 2.14. The summed E-state index contributed by atoms with van der Waals surface area (Å²) < 4.78 is 13.6. The molecule has 20 heavy (non-hydrogen) atoms. The van der Waals surface area contributed by atoms with Crippen LogP contribution in [0.1, 0.15) is 42.5 Å². The quantitative estimate of drug-likeness (QED) is 0.822. The third-order valence-electron chi connectivity index (χ3n) is 3.47. The fourth-order valence-corrected chi connectivity index (χ4v) is 3.77. The zero-order valence-corrected chi connectivity index (χ0v) is 12.9. The van der Waals surface area contributed by atoms with E-state index >= 15 is 0 Å². The van der Waals surface area contributed by atoms with E-state index in [1.165, 1.54) is 44.2 Å². The first-order chi connectivity index (χ1) is 9.66. The second kappa shape index (κ2) is 7.89. The van der Waals surface area contributed by atoms with Crippen molar-refractivity contribution in [3.63, 3.8) is 0 Å². The van der Waals surface area contributed by atoms with Gasteiger partial charge in [-0.25, -0.2) is 4.39 Å². The highest BCUT2D eigenvalue weighted by molar-refractivity contribution is 7.99. The van der Waals surface area contributed by atoms with Crippen molar-refractivity contribution in [1.29, 1.82) is 0 Å². The summed E-state index contributed by atoms with van der Waals surface area (Å²) in [5.41, 5.74) is 0.0528. The molecular formula is C15H19ClFNOS. The lowest BCUT2D eigenvalue weighted by Crippen LogP contribution is -2.27. The smallest absolute Gasteiger partial charge is 0.254 e. The Hall–Kier alpha value is -0.740. The standard InChI is InChI=1S/C15H19ClFNOS/c16-11-6-7-13(14(17)10-11)15(19)18-8-9-20-12-4-2-1-3-5-12/h6-7,10,12H,1-5,8-9H2,(H,18,19). The van der Waals surface area contributed by atoms with E-state index in [1.807, 2.05) is 11.8 Å². The molecule has 1 aliphatic carbocycles. The molecule has 110 valence electrons. The van der Waals surface area contributed by atoms with Crippen molar-refractivity contribution >= 4 is 29.3 Å². The lowest BCUT2D eigenvalue weighted by atomic mass is 10.0. The van der Waals surface area contributed by atoms with Crippen molar-refractivity contribution in [2.24, 2.45) is 0 Å². The van der Waals surface area contributed by atoms with E-state index < -0.39 is 5.82 Å². The minimum Gasteiger partial charge on any atom is -0.351 e. The summed E-state index contributed by atoms with van der Waals surface area (Å²) in [6.07, 6.45) is 6.55. The van der Waals surface area contributed by atoms with Gasteiger partial charge in [-0.2, -0.15) is 11.8 Å². The third-order valence-corrected chi connectivity index (χ3v) is 5.09. The molecule has 0 heterocycles. The molecule has 1 saturated carbocycles. The van der Waals surface area contributed by atoms with Gasteiger partial charge in [0.25, 0.3) is 5.91 Å². The predicted octanol–water partition coefficient (Wildman–Crippen LogP) is 4.27. The van der Waals surface area contributed by atoms with Gasteiger partial charge in [-0.1, -0.05) is 30.9 Å². The van der Waals surface area contributed by atoms with Crippen LogP contribution in [-0.4, -0.2) is 23.5 Å². The van der Waals surface area contributed by atoms with Crippen LogP contribution >= 0.6 is 23.4 Å². The van der Waals surface area contributed by atoms with Crippen LogP contribution in [0.4, 0.5) is 4.39 Å². The molecule has 0 spiro atoms. The van der Waals surface area contributed by atoms with Gasteiger partial charge in [0.05, 0.1) is 5.56 Å². The molecule has 2 nitrogen and oxygen atoms in total. The molecule has 0 unspecified atom stereocenters. The minimum absolute atomic E-state index is 0.0528. The highest BCUT2D eigenvalue weighted by Crippen LogP contribution is 2.27. The van der Waals surface area contributed by atoms with E-state index in [-0.39, 0.29) is 11.5 Å². The summed E-state index contributed by atoms with van der Waals surface area (Å²) in [5, 5.41) is 3.78. The largest absolute Gasteiger partial charge is 0.351 e. The molecular weight excluding hydrogens is 297 g/mol. The summed E-state index contributed by atoms with van der Waals surface area (Å²) in [7, 11) is 0. The van der Waals surface area contributed by atoms with E-state index in [1.54, 1.807) is 0 Å². The molecule has 0 atom stereocenters. The maximum absolute atomic E-state index is 13.6. The number of amides is 1. The first kappa shape index (κ1) is 15.6. The van der Waals surface area contributed by atoms with Crippen LogP contribution in [0.3, 0.4) is 0 Å². The molecule has 2 rings (SSSR count).